The summed E-state index contributed by atoms with van der Waals surface area (Å²) in [5.74, 6) is 1.19. The van der Waals surface area contributed by atoms with E-state index in [2.05, 4.69) is 5.32 Å². The van der Waals surface area contributed by atoms with Crippen molar-refractivity contribution in [3.05, 3.63) is 18.2 Å². The molecule has 0 unspecified atom stereocenters. The van der Waals surface area contributed by atoms with Gasteiger partial charge in [0, 0.05) is 11.8 Å². The molecule has 7 nitrogen and oxygen atoms in total. The SMILES string of the molecule is O=C1CN(c2ccc3c(c2)OCO3)[C@H]2CS(=O)(=O)C[C@H]2N1. The minimum absolute atomic E-state index is 0.00442. The minimum Gasteiger partial charge on any atom is -0.454 e. The van der Waals surface area contributed by atoms with Crippen LogP contribution in [0.2, 0.25) is 0 Å². The summed E-state index contributed by atoms with van der Waals surface area (Å²) in [7, 11) is -3.12. The van der Waals surface area contributed by atoms with Crippen LogP contribution in [0.4, 0.5) is 5.69 Å². The van der Waals surface area contributed by atoms with Gasteiger partial charge in [0.15, 0.2) is 21.3 Å². The topological polar surface area (TPSA) is 84.9 Å². The number of benzene rings is 1. The van der Waals surface area contributed by atoms with Crippen molar-refractivity contribution in [1.82, 2.24) is 5.32 Å². The molecule has 2 saturated heterocycles. The van der Waals surface area contributed by atoms with E-state index in [0.29, 0.717) is 11.5 Å². The van der Waals surface area contributed by atoms with Crippen LogP contribution >= 0.6 is 0 Å². The Kier molecular flexibility index (Phi) is 2.59. The summed E-state index contributed by atoms with van der Waals surface area (Å²) in [5.41, 5.74) is 0.779. The first-order chi connectivity index (χ1) is 10.0. The maximum absolute atomic E-state index is 11.8. The largest absolute Gasteiger partial charge is 0.454 e. The second kappa shape index (κ2) is 4.27. The van der Waals surface area contributed by atoms with Crippen molar-refractivity contribution >= 4 is 21.4 Å². The minimum atomic E-state index is -3.12. The Morgan fingerprint density at radius 2 is 2.00 bits per heavy atom. The summed E-state index contributed by atoms with van der Waals surface area (Å²) in [5, 5.41) is 2.77. The molecule has 3 heterocycles. The molecule has 4 rings (SSSR count). The van der Waals surface area contributed by atoms with Crippen LogP contribution in [-0.2, 0) is 14.6 Å². The van der Waals surface area contributed by atoms with E-state index in [4.69, 9.17) is 9.47 Å². The fraction of sp³-hybridized carbons (Fsp3) is 0.462. The number of carbonyl (C=O) groups is 1. The molecule has 2 atom stereocenters. The van der Waals surface area contributed by atoms with Gasteiger partial charge in [0.05, 0.1) is 30.1 Å². The molecular weight excluding hydrogens is 296 g/mol. The number of nitrogens with one attached hydrogen (secondary N) is 1. The smallest absolute Gasteiger partial charge is 0.239 e. The zero-order valence-corrected chi connectivity index (χ0v) is 11.9. The van der Waals surface area contributed by atoms with Crippen molar-refractivity contribution in [2.24, 2.45) is 0 Å². The van der Waals surface area contributed by atoms with E-state index in [1.165, 1.54) is 0 Å². The van der Waals surface area contributed by atoms with Crippen LogP contribution in [0.3, 0.4) is 0 Å². The molecule has 1 aromatic carbocycles. The average molecular weight is 310 g/mol. The van der Waals surface area contributed by atoms with Gasteiger partial charge in [0.25, 0.3) is 0 Å². The molecule has 0 radical (unpaired) electrons. The van der Waals surface area contributed by atoms with E-state index < -0.39 is 9.84 Å². The highest BCUT2D eigenvalue weighted by atomic mass is 32.2. The van der Waals surface area contributed by atoms with Crippen LogP contribution in [0.15, 0.2) is 18.2 Å². The summed E-state index contributed by atoms with van der Waals surface area (Å²) in [6.07, 6.45) is 0. The van der Waals surface area contributed by atoms with E-state index >= 15 is 0 Å². The number of hydrogen-bond donors (Lipinski definition) is 1. The van der Waals surface area contributed by atoms with Crippen LogP contribution in [0.25, 0.3) is 0 Å². The molecule has 2 fully saturated rings. The Morgan fingerprint density at radius 3 is 2.86 bits per heavy atom. The summed E-state index contributed by atoms with van der Waals surface area (Å²) < 4.78 is 34.3. The third-order valence-electron chi connectivity index (χ3n) is 4.07. The van der Waals surface area contributed by atoms with Gasteiger partial charge in [0.1, 0.15) is 0 Å². The lowest BCUT2D eigenvalue weighted by Gasteiger charge is -2.38. The van der Waals surface area contributed by atoms with Gasteiger partial charge in [-0.2, -0.15) is 0 Å². The molecule has 3 aliphatic rings. The van der Waals surface area contributed by atoms with E-state index in [1.807, 2.05) is 11.0 Å². The first-order valence-corrected chi connectivity index (χ1v) is 8.50. The van der Waals surface area contributed by atoms with E-state index in [-0.39, 0.29) is 42.8 Å². The lowest BCUT2D eigenvalue weighted by Crippen LogP contribution is -2.60. The first-order valence-electron chi connectivity index (χ1n) is 6.68. The molecule has 3 aliphatic heterocycles. The predicted octanol–water partition coefficient (Wildman–Crippen LogP) is -0.483. The van der Waals surface area contributed by atoms with Gasteiger partial charge in [-0.3, -0.25) is 4.79 Å². The quantitative estimate of drug-likeness (QED) is 0.754. The van der Waals surface area contributed by atoms with Gasteiger partial charge >= 0.3 is 0 Å². The normalized spacial score (nSPS) is 29.1. The molecule has 0 aliphatic carbocycles. The molecule has 1 amide bonds. The Morgan fingerprint density at radius 1 is 1.19 bits per heavy atom. The van der Waals surface area contributed by atoms with Crippen molar-refractivity contribution in [3.8, 4) is 11.5 Å². The highest BCUT2D eigenvalue weighted by Crippen LogP contribution is 2.37. The van der Waals surface area contributed by atoms with Crippen LogP contribution in [0.1, 0.15) is 0 Å². The molecule has 0 aromatic heterocycles. The Hall–Kier alpha value is -1.96. The summed E-state index contributed by atoms with van der Waals surface area (Å²) >= 11 is 0. The molecule has 21 heavy (non-hydrogen) atoms. The van der Waals surface area contributed by atoms with E-state index in [9.17, 15) is 13.2 Å². The second-order valence-corrected chi connectivity index (χ2v) is 7.64. The molecule has 1 aromatic rings. The highest BCUT2D eigenvalue weighted by Gasteiger charge is 2.45. The van der Waals surface area contributed by atoms with Gasteiger partial charge in [0.2, 0.25) is 12.7 Å². The fourth-order valence-corrected chi connectivity index (χ4v) is 5.07. The summed E-state index contributed by atoms with van der Waals surface area (Å²) in [6, 6.07) is 4.83. The molecule has 0 spiro atoms. The molecule has 8 heteroatoms. The molecular formula is C13H14N2O5S. The summed E-state index contributed by atoms with van der Waals surface area (Å²) in [6.45, 7) is 0.329. The first kappa shape index (κ1) is 12.8. The molecule has 0 saturated carbocycles. The lowest BCUT2D eigenvalue weighted by atomic mass is 10.1. The van der Waals surface area contributed by atoms with Crippen molar-refractivity contribution in [2.75, 3.05) is 29.7 Å². The Balaban J connectivity index is 1.71. The van der Waals surface area contributed by atoms with Crippen LogP contribution in [-0.4, -0.2) is 51.3 Å². The maximum Gasteiger partial charge on any atom is 0.239 e. The van der Waals surface area contributed by atoms with Gasteiger partial charge < -0.3 is 19.7 Å². The van der Waals surface area contributed by atoms with Gasteiger partial charge in [-0.25, -0.2) is 8.42 Å². The van der Waals surface area contributed by atoms with Crippen molar-refractivity contribution in [1.29, 1.82) is 0 Å². The predicted molar refractivity (Wildman–Crippen MR) is 74.3 cm³/mol. The molecule has 112 valence electrons. The zero-order valence-electron chi connectivity index (χ0n) is 11.1. The molecule has 1 N–H and O–H groups in total. The van der Waals surface area contributed by atoms with Crippen molar-refractivity contribution in [3.63, 3.8) is 0 Å². The van der Waals surface area contributed by atoms with Gasteiger partial charge in [-0.1, -0.05) is 0 Å². The van der Waals surface area contributed by atoms with Crippen LogP contribution in [0, 0.1) is 0 Å². The van der Waals surface area contributed by atoms with E-state index in [1.54, 1.807) is 12.1 Å². The standard InChI is InChI=1S/C13H14N2O5S/c16-13-4-15(10-6-21(17,18)5-9(10)14-13)8-1-2-11-12(3-8)20-7-19-11/h1-3,9-10H,4-7H2,(H,14,16)/t9-,10+/m1/s1. The monoisotopic (exact) mass is 310 g/mol. The van der Waals surface area contributed by atoms with E-state index in [0.717, 1.165) is 5.69 Å². The molecule has 0 bridgehead atoms. The number of carbonyl (C=O) groups excluding carboxylic acids is 1. The van der Waals surface area contributed by atoms with Crippen molar-refractivity contribution < 1.29 is 22.7 Å². The van der Waals surface area contributed by atoms with Crippen molar-refractivity contribution in [2.45, 2.75) is 12.1 Å². The number of rotatable bonds is 1. The zero-order chi connectivity index (χ0) is 14.6. The fourth-order valence-electron chi connectivity index (χ4n) is 3.15. The third kappa shape index (κ3) is 2.10. The number of ether oxygens (including phenoxy) is 2. The van der Waals surface area contributed by atoms with Gasteiger partial charge in [-0.05, 0) is 12.1 Å². The number of nitrogens with zero attached hydrogens (tertiary/aromatic N) is 1. The second-order valence-electron chi connectivity index (χ2n) is 5.48. The average Bonchev–Trinajstić information content (AvgIpc) is 2.99. The number of amides is 1. The number of fused-ring (bicyclic) bond motifs is 2. The third-order valence-corrected chi connectivity index (χ3v) is 5.79. The maximum atomic E-state index is 11.8. The number of anilines is 1. The number of piperazine rings is 1. The Bertz CT molecular complexity index is 717. The highest BCUT2D eigenvalue weighted by molar-refractivity contribution is 7.91. The lowest BCUT2D eigenvalue weighted by molar-refractivity contribution is -0.121. The summed E-state index contributed by atoms with van der Waals surface area (Å²) in [4.78, 5) is 13.7. The number of hydrogen-bond acceptors (Lipinski definition) is 6. The van der Waals surface area contributed by atoms with Gasteiger partial charge in [-0.15, -0.1) is 0 Å². The number of sulfone groups is 1. The van der Waals surface area contributed by atoms with Crippen LogP contribution in [0.5, 0.6) is 11.5 Å². The van der Waals surface area contributed by atoms with Crippen LogP contribution < -0.4 is 19.7 Å². The Labute approximate surface area is 121 Å².